The van der Waals surface area contributed by atoms with E-state index in [4.69, 9.17) is 9.47 Å². The van der Waals surface area contributed by atoms with Crippen molar-refractivity contribution in [3.63, 3.8) is 0 Å². The van der Waals surface area contributed by atoms with Gasteiger partial charge in [0, 0.05) is 37.7 Å². The van der Waals surface area contributed by atoms with E-state index in [1.165, 1.54) is 20.3 Å². The fourth-order valence-corrected chi connectivity index (χ4v) is 6.09. The summed E-state index contributed by atoms with van der Waals surface area (Å²) in [5, 5.41) is 6.30. The van der Waals surface area contributed by atoms with Crippen molar-refractivity contribution in [2.45, 2.75) is 23.3 Å². The van der Waals surface area contributed by atoms with Gasteiger partial charge in [0.1, 0.15) is 16.4 Å². The SMILES string of the molecule is COc1ccc(OC)c(S(=O)(=O)N[C@@H]2CNC[C@@H](C(=O)NCC(c3ccccc3)c3ccccc3)C2)c1. The molecule has 37 heavy (non-hydrogen) atoms. The lowest BCUT2D eigenvalue weighted by atomic mass is 9.90. The van der Waals surface area contributed by atoms with Crippen molar-refractivity contribution in [2.24, 2.45) is 5.92 Å². The van der Waals surface area contributed by atoms with Crippen LogP contribution in [0.2, 0.25) is 0 Å². The smallest absolute Gasteiger partial charge is 0.244 e. The molecule has 3 aromatic rings. The van der Waals surface area contributed by atoms with Gasteiger partial charge in [-0.2, -0.15) is 0 Å². The van der Waals surface area contributed by atoms with E-state index >= 15 is 0 Å². The van der Waals surface area contributed by atoms with Gasteiger partial charge in [-0.15, -0.1) is 0 Å². The van der Waals surface area contributed by atoms with Crippen LogP contribution in [0.1, 0.15) is 23.5 Å². The van der Waals surface area contributed by atoms with Crippen LogP contribution in [0.5, 0.6) is 11.5 Å². The molecule has 1 fully saturated rings. The molecular weight excluding hydrogens is 490 g/mol. The van der Waals surface area contributed by atoms with Crippen LogP contribution >= 0.6 is 0 Å². The second kappa shape index (κ2) is 12.2. The highest BCUT2D eigenvalue weighted by Gasteiger charge is 2.31. The Kier molecular flexibility index (Phi) is 8.81. The Balaban J connectivity index is 1.42. The van der Waals surface area contributed by atoms with Gasteiger partial charge < -0.3 is 20.1 Å². The summed E-state index contributed by atoms with van der Waals surface area (Å²) in [6.45, 7) is 1.35. The minimum Gasteiger partial charge on any atom is -0.497 e. The Morgan fingerprint density at radius 3 is 2.19 bits per heavy atom. The number of sulfonamides is 1. The average Bonchev–Trinajstić information content (AvgIpc) is 2.93. The lowest BCUT2D eigenvalue weighted by Crippen LogP contribution is -2.52. The van der Waals surface area contributed by atoms with E-state index < -0.39 is 16.1 Å². The van der Waals surface area contributed by atoms with E-state index in [-0.39, 0.29) is 28.4 Å². The number of methoxy groups -OCH3 is 2. The largest absolute Gasteiger partial charge is 0.497 e. The third-order valence-electron chi connectivity index (χ3n) is 6.59. The van der Waals surface area contributed by atoms with Crippen LogP contribution in [-0.2, 0) is 14.8 Å². The maximum absolute atomic E-state index is 13.2. The Hall–Kier alpha value is -3.40. The summed E-state index contributed by atoms with van der Waals surface area (Å²) < 4.78 is 39.5. The van der Waals surface area contributed by atoms with E-state index in [0.29, 0.717) is 31.8 Å². The first-order chi connectivity index (χ1) is 17.9. The molecule has 9 heteroatoms. The van der Waals surface area contributed by atoms with Crippen molar-refractivity contribution >= 4 is 15.9 Å². The number of rotatable bonds is 10. The zero-order valence-corrected chi connectivity index (χ0v) is 21.8. The number of ether oxygens (including phenoxy) is 2. The molecule has 8 nitrogen and oxygen atoms in total. The first-order valence-electron chi connectivity index (χ1n) is 12.2. The molecular formula is C28H33N3O5S. The number of hydrogen-bond donors (Lipinski definition) is 3. The van der Waals surface area contributed by atoms with Gasteiger partial charge in [0.2, 0.25) is 15.9 Å². The predicted molar refractivity (Wildman–Crippen MR) is 142 cm³/mol. The summed E-state index contributed by atoms with van der Waals surface area (Å²) in [6.07, 6.45) is 0.381. The maximum atomic E-state index is 13.2. The van der Waals surface area contributed by atoms with Crippen molar-refractivity contribution in [1.29, 1.82) is 0 Å². The molecule has 3 N–H and O–H groups in total. The summed E-state index contributed by atoms with van der Waals surface area (Å²) in [5.74, 6) is 0.164. The standard InChI is InChI=1S/C28H33N3O5S/c1-35-24-13-14-26(36-2)27(16-24)37(33,34)31-23-15-22(17-29-18-23)28(32)30-19-25(20-9-5-3-6-10-20)21-11-7-4-8-12-21/h3-14,16,22-23,25,29,31H,15,17-19H2,1-2H3,(H,30,32)/t22-,23-/m0/s1. The normalized spacial score (nSPS) is 17.8. The molecule has 1 aliphatic heterocycles. The Morgan fingerprint density at radius 2 is 1.59 bits per heavy atom. The molecule has 0 saturated carbocycles. The van der Waals surface area contributed by atoms with Gasteiger partial charge >= 0.3 is 0 Å². The fourth-order valence-electron chi connectivity index (χ4n) is 4.65. The van der Waals surface area contributed by atoms with Gasteiger partial charge in [0.25, 0.3) is 0 Å². The first-order valence-corrected chi connectivity index (χ1v) is 13.7. The molecule has 0 aliphatic carbocycles. The second-order valence-corrected chi connectivity index (χ2v) is 10.7. The summed E-state index contributed by atoms with van der Waals surface area (Å²) in [7, 11) is -1.02. The van der Waals surface area contributed by atoms with Gasteiger partial charge in [-0.3, -0.25) is 4.79 Å². The van der Waals surface area contributed by atoms with Gasteiger partial charge in [-0.1, -0.05) is 60.7 Å². The van der Waals surface area contributed by atoms with Crippen molar-refractivity contribution in [2.75, 3.05) is 33.9 Å². The molecule has 0 bridgehead atoms. The number of nitrogens with one attached hydrogen (secondary N) is 3. The molecule has 3 aromatic carbocycles. The third kappa shape index (κ3) is 6.68. The molecule has 1 amide bonds. The Bertz CT molecular complexity index is 1250. The third-order valence-corrected chi connectivity index (χ3v) is 8.13. The zero-order valence-electron chi connectivity index (χ0n) is 21.0. The molecule has 0 unspecified atom stereocenters. The van der Waals surface area contributed by atoms with Crippen LogP contribution in [0.4, 0.5) is 0 Å². The molecule has 0 aromatic heterocycles. The van der Waals surface area contributed by atoms with Crippen LogP contribution in [-0.4, -0.2) is 54.2 Å². The summed E-state index contributed by atoms with van der Waals surface area (Å²) >= 11 is 0. The van der Waals surface area contributed by atoms with E-state index in [2.05, 4.69) is 39.6 Å². The lowest BCUT2D eigenvalue weighted by molar-refractivity contribution is -0.125. The van der Waals surface area contributed by atoms with E-state index in [1.54, 1.807) is 12.1 Å². The lowest BCUT2D eigenvalue weighted by Gasteiger charge is -2.30. The maximum Gasteiger partial charge on any atom is 0.244 e. The van der Waals surface area contributed by atoms with Crippen molar-refractivity contribution in [3.8, 4) is 11.5 Å². The zero-order chi connectivity index (χ0) is 26.3. The Labute approximate surface area is 218 Å². The average molecular weight is 524 g/mol. The number of benzene rings is 3. The number of carbonyl (C=O) groups is 1. The molecule has 196 valence electrons. The van der Waals surface area contributed by atoms with Crippen LogP contribution in [0.25, 0.3) is 0 Å². The first kappa shape index (κ1) is 26.7. The highest BCUT2D eigenvalue weighted by Crippen LogP contribution is 2.29. The van der Waals surface area contributed by atoms with Crippen LogP contribution in [0.15, 0.2) is 83.8 Å². The highest BCUT2D eigenvalue weighted by molar-refractivity contribution is 7.89. The Morgan fingerprint density at radius 1 is 0.946 bits per heavy atom. The van der Waals surface area contributed by atoms with Crippen LogP contribution in [0, 0.1) is 5.92 Å². The highest BCUT2D eigenvalue weighted by atomic mass is 32.2. The molecule has 4 rings (SSSR count). The summed E-state index contributed by atoms with van der Waals surface area (Å²) in [6, 6.07) is 24.3. The quantitative estimate of drug-likeness (QED) is 0.377. The topological polar surface area (TPSA) is 106 Å². The fraction of sp³-hybridized carbons (Fsp3) is 0.321. The predicted octanol–water partition coefficient (Wildman–Crippen LogP) is 2.91. The van der Waals surface area contributed by atoms with Gasteiger partial charge in [-0.05, 0) is 29.7 Å². The van der Waals surface area contributed by atoms with Crippen LogP contribution < -0.4 is 24.8 Å². The molecule has 0 radical (unpaired) electrons. The molecule has 2 atom stereocenters. The van der Waals surface area contributed by atoms with Crippen molar-refractivity contribution in [1.82, 2.24) is 15.4 Å². The van der Waals surface area contributed by atoms with Gasteiger partial charge in [-0.25, -0.2) is 13.1 Å². The number of piperidine rings is 1. The number of hydrogen-bond acceptors (Lipinski definition) is 6. The number of carbonyl (C=O) groups excluding carboxylic acids is 1. The van der Waals surface area contributed by atoms with Gasteiger partial charge in [0.15, 0.2) is 0 Å². The summed E-state index contributed by atoms with van der Waals surface area (Å²) in [5.41, 5.74) is 2.24. The second-order valence-electron chi connectivity index (χ2n) is 9.04. The van der Waals surface area contributed by atoms with Crippen molar-refractivity contribution < 1.29 is 22.7 Å². The molecule has 0 spiro atoms. The van der Waals surface area contributed by atoms with Crippen LogP contribution in [0.3, 0.4) is 0 Å². The minimum absolute atomic E-state index is 0.00510. The molecule has 1 heterocycles. The van der Waals surface area contributed by atoms with Gasteiger partial charge in [0.05, 0.1) is 20.1 Å². The monoisotopic (exact) mass is 523 g/mol. The molecule has 1 aliphatic rings. The van der Waals surface area contributed by atoms with E-state index in [0.717, 1.165) is 11.1 Å². The molecule has 1 saturated heterocycles. The van der Waals surface area contributed by atoms with E-state index in [1.807, 2.05) is 36.4 Å². The summed E-state index contributed by atoms with van der Waals surface area (Å²) in [4.78, 5) is 13.2. The number of amides is 1. The minimum atomic E-state index is -3.91. The van der Waals surface area contributed by atoms with E-state index in [9.17, 15) is 13.2 Å². The van der Waals surface area contributed by atoms with Crippen molar-refractivity contribution in [3.05, 3.63) is 90.0 Å².